The number of benzene rings is 1. The second-order valence-electron chi connectivity index (χ2n) is 8.55. The van der Waals surface area contributed by atoms with Crippen molar-refractivity contribution in [1.82, 2.24) is 15.5 Å². The number of guanidine groups is 1. The molecule has 1 fully saturated rings. The number of anilines is 1. The Kier molecular flexibility index (Phi) is 9.56. The Hall–Kier alpha value is -2.76. The number of ether oxygens (including phenoxy) is 1. The minimum atomic E-state index is -0.497. The molecule has 180 valence electrons. The lowest BCUT2D eigenvalue weighted by Gasteiger charge is -2.40. The summed E-state index contributed by atoms with van der Waals surface area (Å²) < 4.78 is 10.5. The minimum absolute atomic E-state index is 0. The van der Waals surface area contributed by atoms with Crippen LogP contribution in [0.3, 0.4) is 0 Å². The maximum atomic E-state index is 12.1. The highest BCUT2D eigenvalue weighted by Gasteiger charge is 2.34. The van der Waals surface area contributed by atoms with E-state index in [1.807, 2.05) is 52.0 Å². The number of carbonyl (C=O) groups excluding carboxylic acids is 2. The van der Waals surface area contributed by atoms with Crippen molar-refractivity contribution in [2.24, 2.45) is 4.99 Å². The summed E-state index contributed by atoms with van der Waals surface area (Å²) in [5, 5.41) is 9.36. The number of amides is 2. The number of halogens is 1. The quantitative estimate of drug-likeness (QED) is 0.278. The highest BCUT2D eigenvalue weighted by atomic mass is 127. The number of hydrogen-bond acceptors (Lipinski definition) is 5. The van der Waals surface area contributed by atoms with Gasteiger partial charge in [-0.25, -0.2) is 9.79 Å². The molecule has 2 heterocycles. The zero-order valence-electron chi connectivity index (χ0n) is 19.4. The standard InChI is InChI=1S/C23H31N5O4.HI/c1-5-24-21(27-18-14-28(15-18)22(30)32-23(2,3)4)25-13-16-8-10-17(11-9-16)26-20(29)19-7-6-12-31-19;/h6-12,18H,5,13-15H2,1-4H3,(H,26,29)(H2,24,25,27);1H. The van der Waals surface area contributed by atoms with E-state index in [2.05, 4.69) is 20.9 Å². The smallest absolute Gasteiger partial charge is 0.410 e. The van der Waals surface area contributed by atoms with Crippen molar-refractivity contribution in [3.63, 3.8) is 0 Å². The van der Waals surface area contributed by atoms with E-state index in [0.717, 1.165) is 12.1 Å². The third-order valence-electron chi connectivity index (χ3n) is 4.59. The molecule has 0 spiro atoms. The topological polar surface area (TPSA) is 108 Å². The van der Waals surface area contributed by atoms with Crippen LogP contribution in [0.2, 0.25) is 0 Å². The molecular formula is C23H32IN5O4. The molecule has 0 radical (unpaired) electrons. The molecule has 0 bridgehead atoms. The first kappa shape index (κ1) is 26.5. The molecule has 0 unspecified atom stereocenters. The van der Waals surface area contributed by atoms with Gasteiger partial charge in [-0.3, -0.25) is 4.79 Å². The Morgan fingerprint density at radius 3 is 2.45 bits per heavy atom. The molecule has 3 N–H and O–H groups in total. The maximum absolute atomic E-state index is 12.1. The summed E-state index contributed by atoms with van der Waals surface area (Å²) in [7, 11) is 0. The molecule has 1 aromatic carbocycles. The molecule has 33 heavy (non-hydrogen) atoms. The third-order valence-corrected chi connectivity index (χ3v) is 4.59. The Morgan fingerprint density at radius 2 is 1.88 bits per heavy atom. The van der Waals surface area contributed by atoms with Gasteiger partial charge in [-0.05, 0) is 57.5 Å². The number of nitrogens with zero attached hydrogens (tertiary/aromatic N) is 2. The van der Waals surface area contributed by atoms with Crippen molar-refractivity contribution in [1.29, 1.82) is 0 Å². The zero-order valence-corrected chi connectivity index (χ0v) is 21.7. The van der Waals surface area contributed by atoms with Crippen LogP contribution in [0.4, 0.5) is 10.5 Å². The van der Waals surface area contributed by atoms with Crippen molar-refractivity contribution in [2.75, 3.05) is 25.0 Å². The van der Waals surface area contributed by atoms with E-state index in [9.17, 15) is 9.59 Å². The summed E-state index contributed by atoms with van der Waals surface area (Å²) in [5.41, 5.74) is 1.19. The number of carbonyl (C=O) groups is 2. The van der Waals surface area contributed by atoms with Crippen LogP contribution in [0.25, 0.3) is 0 Å². The molecule has 0 saturated carbocycles. The van der Waals surface area contributed by atoms with Gasteiger partial charge in [0.2, 0.25) is 0 Å². The van der Waals surface area contributed by atoms with Gasteiger partial charge in [0, 0.05) is 25.3 Å². The Morgan fingerprint density at radius 1 is 1.18 bits per heavy atom. The maximum Gasteiger partial charge on any atom is 0.410 e. The van der Waals surface area contributed by atoms with Crippen molar-refractivity contribution in [2.45, 2.75) is 45.9 Å². The molecule has 1 aliphatic rings. The van der Waals surface area contributed by atoms with Gasteiger partial charge in [0.15, 0.2) is 11.7 Å². The highest BCUT2D eigenvalue weighted by molar-refractivity contribution is 14.0. The second-order valence-corrected chi connectivity index (χ2v) is 8.55. The Labute approximate surface area is 211 Å². The summed E-state index contributed by atoms with van der Waals surface area (Å²) in [6.07, 6.45) is 1.17. The molecule has 3 rings (SSSR count). The van der Waals surface area contributed by atoms with Crippen LogP contribution in [-0.4, -0.2) is 54.1 Å². The fourth-order valence-corrected chi connectivity index (χ4v) is 3.02. The summed E-state index contributed by atoms with van der Waals surface area (Å²) in [6.45, 7) is 9.92. The van der Waals surface area contributed by atoms with Gasteiger partial charge in [-0.1, -0.05) is 12.1 Å². The van der Waals surface area contributed by atoms with Gasteiger partial charge in [0.25, 0.3) is 5.91 Å². The molecule has 1 aromatic heterocycles. The summed E-state index contributed by atoms with van der Waals surface area (Å²) in [6, 6.07) is 10.9. The minimum Gasteiger partial charge on any atom is -0.459 e. The van der Waals surface area contributed by atoms with Crippen molar-refractivity contribution >= 4 is 47.6 Å². The van der Waals surface area contributed by atoms with Crippen LogP contribution < -0.4 is 16.0 Å². The molecule has 0 aliphatic carbocycles. The fraction of sp³-hybridized carbons (Fsp3) is 0.435. The molecule has 9 nitrogen and oxygen atoms in total. The van der Waals surface area contributed by atoms with E-state index in [-0.39, 0.29) is 47.8 Å². The van der Waals surface area contributed by atoms with Crippen LogP contribution >= 0.6 is 24.0 Å². The molecule has 1 aliphatic heterocycles. The number of nitrogens with one attached hydrogen (secondary N) is 3. The van der Waals surface area contributed by atoms with Crippen molar-refractivity contribution in [3.05, 3.63) is 54.0 Å². The summed E-state index contributed by atoms with van der Waals surface area (Å²) in [4.78, 5) is 30.4. The molecular weight excluding hydrogens is 537 g/mol. The van der Waals surface area contributed by atoms with Gasteiger partial charge in [0.05, 0.1) is 18.8 Å². The molecule has 2 aromatic rings. The molecule has 0 atom stereocenters. The monoisotopic (exact) mass is 569 g/mol. The molecule has 2 amide bonds. The lowest BCUT2D eigenvalue weighted by atomic mass is 10.1. The lowest BCUT2D eigenvalue weighted by Crippen LogP contribution is -2.63. The lowest BCUT2D eigenvalue weighted by molar-refractivity contribution is 0.00700. The Bertz CT molecular complexity index is 933. The number of hydrogen-bond donors (Lipinski definition) is 3. The number of likely N-dealkylation sites (tertiary alicyclic amines) is 1. The Balaban J connectivity index is 0.00000385. The fourth-order valence-electron chi connectivity index (χ4n) is 3.02. The predicted octanol–water partition coefficient (Wildman–Crippen LogP) is 3.82. The summed E-state index contributed by atoms with van der Waals surface area (Å²) in [5.74, 6) is 0.665. The van der Waals surface area contributed by atoms with Crippen LogP contribution in [0.15, 0.2) is 52.1 Å². The van der Waals surface area contributed by atoms with E-state index in [1.165, 1.54) is 6.26 Å². The van der Waals surface area contributed by atoms with E-state index < -0.39 is 5.60 Å². The van der Waals surface area contributed by atoms with Crippen LogP contribution in [0, 0.1) is 0 Å². The van der Waals surface area contributed by atoms with Crippen LogP contribution in [-0.2, 0) is 11.3 Å². The van der Waals surface area contributed by atoms with E-state index in [1.54, 1.807) is 17.0 Å². The molecule has 10 heteroatoms. The van der Waals surface area contributed by atoms with Crippen LogP contribution in [0.5, 0.6) is 0 Å². The zero-order chi connectivity index (χ0) is 23.1. The largest absolute Gasteiger partial charge is 0.459 e. The first-order chi connectivity index (χ1) is 15.2. The van der Waals surface area contributed by atoms with E-state index in [0.29, 0.717) is 31.3 Å². The van der Waals surface area contributed by atoms with Crippen molar-refractivity contribution < 1.29 is 18.7 Å². The van der Waals surface area contributed by atoms with Gasteiger partial charge >= 0.3 is 6.09 Å². The first-order valence-corrected chi connectivity index (χ1v) is 10.7. The number of aliphatic imine (C=N–C) groups is 1. The molecule has 1 saturated heterocycles. The van der Waals surface area contributed by atoms with E-state index >= 15 is 0 Å². The van der Waals surface area contributed by atoms with Gasteiger partial charge in [0.1, 0.15) is 5.60 Å². The van der Waals surface area contributed by atoms with Gasteiger partial charge < -0.3 is 30.0 Å². The third kappa shape index (κ3) is 8.26. The number of furan rings is 1. The van der Waals surface area contributed by atoms with Gasteiger partial charge in [-0.2, -0.15) is 0 Å². The first-order valence-electron chi connectivity index (χ1n) is 10.7. The average Bonchev–Trinajstić information content (AvgIpc) is 3.23. The number of rotatable bonds is 6. The normalized spacial score (nSPS) is 14.1. The summed E-state index contributed by atoms with van der Waals surface area (Å²) >= 11 is 0. The highest BCUT2D eigenvalue weighted by Crippen LogP contribution is 2.16. The predicted molar refractivity (Wildman–Crippen MR) is 138 cm³/mol. The van der Waals surface area contributed by atoms with Crippen LogP contribution in [0.1, 0.15) is 43.8 Å². The average molecular weight is 569 g/mol. The SMILES string of the molecule is CCNC(=NCc1ccc(NC(=O)c2ccco2)cc1)NC1CN(C(=O)OC(C)(C)C)C1.I. The second kappa shape index (κ2) is 11.9. The van der Waals surface area contributed by atoms with Gasteiger partial charge in [-0.15, -0.1) is 24.0 Å². The van der Waals surface area contributed by atoms with E-state index in [4.69, 9.17) is 9.15 Å². The van der Waals surface area contributed by atoms with Crippen molar-refractivity contribution in [3.8, 4) is 0 Å².